The first-order valence-electron chi connectivity index (χ1n) is 10.5. The van der Waals surface area contributed by atoms with Crippen LogP contribution < -0.4 is 4.90 Å². The van der Waals surface area contributed by atoms with Gasteiger partial charge in [-0.1, -0.05) is 101 Å². The molecule has 0 saturated carbocycles. The van der Waals surface area contributed by atoms with Crippen molar-refractivity contribution in [2.24, 2.45) is 0 Å². The minimum atomic E-state index is -0.226. The molecular formula is C26H19BrN2O2S2. The maximum absolute atomic E-state index is 13.7. The van der Waals surface area contributed by atoms with Gasteiger partial charge in [-0.3, -0.25) is 14.5 Å². The third-order valence-electron chi connectivity index (χ3n) is 5.86. The number of thiocarbonyl (C=S) groups is 1. The van der Waals surface area contributed by atoms with Crippen molar-refractivity contribution in [2.75, 3.05) is 4.90 Å². The second-order valence-corrected chi connectivity index (χ2v) is 10.4. The molecule has 3 aromatic carbocycles. The van der Waals surface area contributed by atoms with Crippen molar-refractivity contribution in [3.05, 3.63) is 105 Å². The first-order valence-corrected chi connectivity index (χ1v) is 12.5. The van der Waals surface area contributed by atoms with Crippen LogP contribution >= 0.6 is 39.9 Å². The van der Waals surface area contributed by atoms with E-state index in [1.54, 1.807) is 9.80 Å². The highest BCUT2D eigenvalue weighted by atomic mass is 79.9. The fourth-order valence-electron chi connectivity index (χ4n) is 4.19. The number of rotatable bonds is 4. The highest BCUT2D eigenvalue weighted by Gasteiger charge is 2.43. The summed E-state index contributed by atoms with van der Waals surface area (Å²) in [5.41, 5.74) is 3.97. The fraction of sp³-hybridized carbons (Fsp3) is 0.115. The maximum atomic E-state index is 13.7. The molecule has 3 aromatic rings. The predicted molar refractivity (Wildman–Crippen MR) is 141 cm³/mol. The van der Waals surface area contributed by atoms with Crippen LogP contribution in [0.5, 0.6) is 0 Å². The smallest absolute Gasteiger partial charge is 0.267 e. The Kier molecular flexibility index (Phi) is 5.95. The molecule has 4 nitrogen and oxygen atoms in total. The Morgan fingerprint density at radius 2 is 1.61 bits per heavy atom. The van der Waals surface area contributed by atoms with Gasteiger partial charge in [-0.25, -0.2) is 0 Å². The van der Waals surface area contributed by atoms with E-state index in [4.69, 9.17) is 12.2 Å². The van der Waals surface area contributed by atoms with Crippen LogP contribution in [0.15, 0.2) is 88.2 Å². The van der Waals surface area contributed by atoms with Crippen LogP contribution in [0.1, 0.15) is 29.7 Å². The average molecular weight is 535 g/mol. The molecule has 0 unspecified atom stereocenters. The van der Waals surface area contributed by atoms with Crippen LogP contribution in [0, 0.1) is 0 Å². The van der Waals surface area contributed by atoms with E-state index in [2.05, 4.69) is 15.9 Å². The van der Waals surface area contributed by atoms with Crippen molar-refractivity contribution in [2.45, 2.75) is 19.5 Å². The Labute approximate surface area is 210 Å². The summed E-state index contributed by atoms with van der Waals surface area (Å²) in [5.74, 6) is -0.406. The van der Waals surface area contributed by atoms with E-state index < -0.39 is 0 Å². The lowest BCUT2D eigenvalue weighted by atomic mass is 10.1. The third-order valence-corrected chi connectivity index (χ3v) is 7.75. The quantitative estimate of drug-likeness (QED) is 0.289. The lowest BCUT2D eigenvalue weighted by Crippen LogP contribution is -2.31. The van der Waals surface area contributed by atoms with Crippen molar-refractivity contribution in [1.82, 2.24) is 4.90 Å². The predicted octanol–water partition coefficient (Wildman–Crippen LogP) is 6.33. The number of hydrogen-bond donors (Lipinski definition) is 0. The van der Waals surface area contributed by atoms with E-state index in [9.17, 15) is 9.59 Å². The molecule has 0 aromatic heterocycles. The Balaban J connectivity index is 1.57. The molecule has 2 heterocycles. The van der Waals surface area contributed by atoms with Gasteiger partial charge in [-0.15, -0.1) is 0 Å². The lowest BCUT2D eigenvalue weighted by molar-refractivity contribution is -0.123. The van der Waals surface area contributed by atoms with E-state index in [0.717, 1.165) is 26.9 Å². The van der Waals surface area contributed by atoms with Gasteiger partial charge in [-0.05, 0) is 36.2 Å². The number of thioether (sulfide) groups is 1. The standard InChI is InChI=1S/C26H19BrN2O2S2/c1-16(18-10-6-3-7-11-18)29-25(31)23(33-26(29)32)22-20-14-19(27)12-13-21(20)28(24(22)30)15-17-8-4-2-5-9-17/h2-14,16H,15H2,1H3/b23-22-/t16-/m1/s1. The third kappa shape index (κ3) is 3.94. The van der Waals surface area contributed by atoms with Crippen LogP contribution in [-0.2, 0) is 16.1 Å². The molecule has 1 fully saturated rings. The molecule has 2 amide bonds. The molecule has 5 rings (SSSR count). The largest absolute Gasteiger partial charge is 0.303 e. The fourth-order valence-corrected chi connectivity index (χ4v) is 6.04. The van der Waals surface area contributed by atoms with Crippen molar-refractivity contribution in [1.29, 1.82) is 0 Å². The van der Waals surface area contributed by atoms with Crippen molar-refractivity contribution in [3.8, 4) is 0 Å². The van der Waals surface area contributed by atoms with Gasteiger partial charge in [0.05, 0.1) is 28.8 Å². The van der Waals surface area contributed by atoms with Crippen LogP contribution in [-0.4, -0.2) is 21.0 Å². The van der Waals surface area contributed by atoms with Gasteiger partial charge in [0.25, 0.3) is 11.8 Å². The summed E-state index contributed by atoms with van der Waals surface area (Å²) in [7, 11) is 0. The Morgan fingerprint density at radius 3 is 2.30 bits per heavy atom. The molecule has 0 N–H and O–H groups in total. The van der Waals surface area contributed by atoms with Crippen LogP contribution in [0.3, 0.4) is 0 Å². The first kappa shape index (κ1) is 22.1. The van der Waals surface area contributed by atoms with E-state index >= 15 is 0 Å². The van der Waals surface area contributed by atoms with Gasteiger partial charge in [0.1, 0.15) is 4.32 Å². The van der Waals surface area contributed by atoms with E-state index in [1.807, 2.05) is 85.8 Å². The molecule has 1 atom stereocenters. The molecule has 0 radical (unpaired) electrons. The summed E-state index contributed by atoms with van der Waals surface area (Å²) >= 11 is 10.3. The Hall–Kier alpha value is -2.74. The number of amides is 2. The van der Waals surface area contributed by atoms with Crippen molar-refractivity contribution >= 4 is 67.3 Å². The molecule has 0 spiro atoms. The van der Waals surface area contributed by atoms with E-state index in [1.165, 1.54) is 11.8 Å². The van der Waals surface area contributed by atoms with Gasteiger partial charge in [0, 0.05) is 10.0 Å². The highest BCUT2D eigenvalue weighted by molar-refractivity contribution is 9.10. The van der Waals surface area contributed by atoms with Gasteiger partial charge < -0.3 is 4.90 Å². The second kappa shape index (κ2) is 8.89. The van der Waals surface area contributed by atoms with Gasteiger partial charge >= 0.3 is 0 Å². The first-order chi connectivity index (χ1) is 16.0. The molecule has 2 aliphatic rings. The number of halogens is 1. The summed E-state index contributed by atoms with van der Waals surface area (Å²) in [6.45, 7) is 2.38. The Bertz CT molecular complexity index is 1310. The number of nitrogens with zero attached hydrogens (tertiary/aromatic N) is 2. The van der Waals surface area contributed by atoms with Crippen LogP contribution in [0.25, 0.3) is 5.57 Å². The minimum Gasteiger partial charge on any atom is -0.303 e. The number of benzene rings is 3. The molecule has 0 aliphatic carbocycles. The zero-order valence-electron chi connectivity index (χ0n) is 17.7. The Morgan fingerprint density at radius 1 is 0.939 bits per heavy atom. The minimum absolute atomic E-state index is 0.181. The molecule has 1 saturated heterocycles. The van der Waals surface area contributed by atoms with Crippen molar-refractivity contribution < 1.29 is 9.59 Å². The van der Waals surface area contributed by atoms with Crippen LogP contribution in [0.4, 0.5) is 5.69 Å². The summed E-state index contributed by atoms with van der Waals surface area (Å²) in [4.78, 5) is 31.0. The zero-order valence-corrected chi connectivity index (χ0v) is 20.9. The molecule has 164 valence electrons. The second-order valence-electron chi connectivity index (χ2n) is 7.87. The number of anilines is 1. The zero-order chi connectivity index (χ0) is 23.1. The molecule has 2 aliphatic heterocycles. The summed E-state index contributed by atoms with van der Waals surface area (Å²) in [5, 5.41) is 0. The van der Waals surface area contributed by atoms with Gasteiger partial charge in [0.15, 0.2) is 0 Å². The molecule has 33 heavy (non-hydrogen) atoms. The highest BCUT2D eigenvalue weighted by Crippen LogP contribution is 2.47. The van der Waals surface area contributed by atoms with Crippen molar-refractivity contribution in [3.63, 3.8) is 0 Å². The topological polar surface area (TPSA) is 40.6 Å². The van der Waals surface area contributed by atoms with E-state index in [0.29, 0.717) is 21.3 Å². The normalized spacial score (nSPS) is 18.8. The average Bonchev–Trinajstić information content (AvgIpc) is 3.26. The molecule has 7 heteroatoms. The number of carbonyl (C=O) groups excluding carboxylic acids is 2. The summed E-state index contributed by atoms with van der Waals surface area (Å²) in [6.07, 6.45) is 0. The SMILES string of the molecule is C[C@H](c1ccccc1)N1C(=O)/C(=C2/C(=O)N(Cc3ccccc3)c3ccc(Br)cc32)SC1=S. The summed E-state index contributed by atoms with van der Waals surface area (Å²) < 4.78 is 1.31. The van der Waals surface area contributed by atoms with Crippen LogP contribution in [0.2, 0.25) is 0 Å². The van der Waals surface area contributed by atoms with E-state index in [-0.39, 0.29) is 17.9 Å². The number of fused-ring (bicyclic) bond motifs is 1. The van der Waals surface area contributed by atoms with Gasteiger partial charge in [-0.2, -0.15) is 0 Å². The monoisotopic (exact) mass is 534 g/mol. The number of hydrogen-bond acceptors (Lipinski definition) is 4. The summed E-state index contributed by atoms with van der Waals surface area (Å²) in [6, 6.07) is 25.1. The number of carbonyl (C=O) groups is 2. The molecular weight excluding hydrogens is 516 g/mol. The molecule has 0 bridgehead atoms. The maximum Gasteiger partial charge on any atom is 0.267 e. The lowest BCUT2D eigenvalue weighted by Gasteiger charge is -2.23. The van der Waals surface area contributed by atoms with Gasteiger partial charge in [0.2, 0.25) is 0 Å².